The van der Waals surface area contributed by atoms with Crippen LogP contribution in [0.25, 0.3) is 0 Å². The lowest BCUT2D eigenvalue weighted by Gasteiger charge is -2.29. The first-order chi connectivity index (χ1) is 9.19. The first kappa shape index (κ1) is 13.7. The van der Waals surface area contributed by atoms with Crippen LogP contribution in [0.1, 0.15) is 30.5 Å². The van der Waals surface area contributed by atoms with Crippen molar-refractivity contribution in [2.45, 2.75) is 25.7 Å². The Kier molecular flexibility index (Phi) is 4.68. The zero-order valence-electron chi connectivity index (χ0n) is 11.3. The Morgan fingerprint density at radius 3 is 2.89 bits per heavy atom. The van der Waals surface area contributed by atoms with Crippen LogP contribution < -0.4 is 5.32 Å². The molecule has 0 atom stereocenters. The molecule has 0 radical (unpaired) electrons. The van der Waals surface area contributed by atoms with Crippen LogP contribution >= 0.6 is 0 Å². The molecule has 0 saturated carbocycles. The van der Waals surface area contributed by atoms with Crippen molar-refractivity contribution >= 4 is 5.91 Å². The number of hydrogen-bond donors (Lipinski definition) is 1. The van der Waals surface area contributed by atoms with Gasteiger partial charge in [-0.3, -0.25) is 9.69 Å². The third kappa shape index (κ3) is 3.89. The molecule has 0 spiro atoms. The number of nitrogens with one attached hydrogen (secondary N) is 1. The summed E-state index contributed by atoms with van der Waals surface area (Å²) in [6.07, 6.45) is 3.59. The normalized spacial score (nSPS) is 17.3. The van der Waals surface area contributed by atoms with E-state index in [1.165, 1.54) is 0 Å². The van der Waals surface area contributed by atoms with E-state index in [0.29, 0.717) is 24.8 Å². The molecule has 0 unspecified atom stereocenters. The van der Waals surface area contributed by atoms with Gasteiger partial charge in [-0.1, -0.05) is 11.2 Å². The summed E-state index contributed by atoms with van der Waals surface area (Å²) in [5.74, 6) is 1.79. The van der Waals surface area contributed by atoms with Crippen LogP contribution in [0, 0.1) is 6.92 Å². The van der Waals surface area contributed by atoms with E-state index in [9.17, 15) is 4.79 Å². The fourth-order valence-corrected chi connectivity index (χ4v) is 2.26. The molecule has 2 heterocycles. The van der Waals surface area contributed by atoms with Gasteiger partial charge in [0.15, 0.2) is 5.82 Å². The molecule has 1 N–H and O–H groups in total. The second-order valence-electron chi connectivity index (χ2n) is 4.82. The van der Waals surface area contributed by atoms with Crippen molar-refractivity contribution in [3.05, 3.63) is 24.4 Å². The Morgan fingerprint density at radius 1 is 1.58 bits per heavy atom. The van der Waals surface area contributed by atoms with Crippen LogP contribution in [0.2, 0.25) is 0 Å². The first-order valence-corrected chi connectivity index (χ1v) is 6.59. The molecule has 0 bridgehead atoms. The predicted octanol–water partition coefficient (Wildman–Crippen LogP) is 0.860. The van der Waals surface area contributed by atoms with Crippen LogP contribution in [0.4, 0.5) is 0 Å². The Labute approximate surface area is 112 Å². The van der Waals surface area contributed by atoms with E-state index in [0.717, 1.165) is 31.8 Å². The SMILES string of the molecule is C=CCNC(=O)CN1CCC(c2nc(C)no2)CC1. The summed E-state index contributed by atoms with van der Waals surface area (Å²) in [6, 6.07) is 0. The third-order valence-electron chi connectivity index (χ3n) is 3.29. The average molecular weight is 264 g/mol. The molecule has 6 nitrogen and oxygen atoms in total. The highest BCUT2D eigenvalue weighted by Crippen LogP contribution is 2.26. The van der Waals surface area contributed by atoms with E-state index in [-0.39, 0.29) is 5.91 Å². The van der Waals surface area contributed by atoms with E-state index in [2.05, 4.69) is 26.9 Å². The Morgan fingerprint density at radius 2 is 2.32 bits per heavy atom. The highest BCUT2D eigenvalue weighted by atomic mass is 16.5. The molecule has 1 aromatic heterocycles. The number of rotatable bonds is 5. The van der Waals surface area contributed by atoms with Gasteiger partial charge in [-0.25, -0.2) is 0 Å². The van der Waals surface area contributed by atoms with Gasteiger partial charge in [0.2, 0.25) is 11.8 Å². The van der Waals surface area contributed by atoms with E-state index >= 15 is 0 Å². The average Bonchev–Trinajstić information content (AvgIpc) is 2.84. The van der Waals surface area contributed by atoms with Crippen molar-refractivity contribution in [3.63, 3.8) is 0 Å². The minimum atomic E-state index is 0.0481. The molecular weight excluding hydrogens is 244 g/mol. The largest absolute Gasteiger partial charge is 0.352 e. The van der Waals surface area contributed by atoms with Gasteiger partial charge in [0, 0.05) is 12.5 Å². The van der Waals surface area contributed by atoms with Crippen molar-refractivity contribution in [2.24, 2.45) is 0 Å². The number of nitrogens with zero attached hydrogens (tertiary/aromatic N) is 3. The molecule has 0 aliphatic carbocycles. The molecule has 1 aliphatic rings. The number of carbonyl (C=O) groups excluding carboxylic acids is 1. The molecule has 1 saturated heterocycles. The maximum Gasteiger partial charge on any atom is 0.234 e. The number of aromatic nitrogens is 2. The third-order valence-corrected chi connectivity index (χ3v) is 3.29. The van der Waals surface area contributed by atoms with Crippen molar-refractivity contribution in [1.82, 2.24) is 20.4 Å². The Balaban J connectivity index is 1.76. The monoisotopic (exact) mass is 264 g/mol. The van der Waals surface area contributed by atoms with E-state index < -0.39 is 0 Å². The zero-order valence-corrected chi connectivity index (χ0v) is 11.3. The second-order valence-corrected chi connectivity index (χ2v) is 4.82. The van der Waals surface area contributed by atoms with Crippen LogP contribution in [0.15, 0.2) is 17.2 Å². The molecule has 1 amide bonds. The van der Waals surface area contributed by atoms with Gasteiger partial charge in [0.1, 0.15) is 0 Å². The molecule has 1 aliphatic heterocycles. The standard InChI is InChI=1S/C13H20N4O2/c1-3-6-14-12(18)9-17-7-4-11(5-8-17)13-15-10(2)16-19-13/h3,11H,1,4-9H2,2H3,(H,14,18). The summed E-state index contributed by atoms with van der Waals surface area (Å²) in [5.41, 5.74) is 0. The lowest BCUT2D eigenvalue weighted by molar-refractivity contribution is -0.122. The molecule has 104 valence electrons. The maximum atomic E-state index is 11.6. The van der Waals surface area contributed by atoms with Gasteiger partial charge >= 0.3 is 0 Å². The second kappa shape index (κ2) is 6.47. The summed E-state index contributed by atoms with van der Waals surface area (Å²) in [7, 11) is 0. The maximum absolute atomic E-state index is 11.6. The van der Waals surface area contributed by atoms with Crippen LogP contribution in [-0.2, 0) is 4.79 Å². The number of piperidine rings is 1. The smallest absolute Gasteiger partial charge is 0.234 e. The molecule has 19 heavy (non-hydrogen) atoms. The van der Waals surface area contributed by atoms with E-state index in [4.69, 9.17) is 4.52 Å². The van der Waals surface area contributed by atoms with E-state index in [1.54, 1.807) is 6.08 Å². The molecular formula is C13H20N4O2. The Hall–Kier alpha value is -1.69. The number of aryl methyl sites for hydroxylation is 1. The highest BCUT2D eigenvalue weighted by Gasteiger charge is 2.25. The summed E-state index contributed by atoms with van der Waals surface area (Å²) >= 11 is 0. The predicted molar refractivity (Wildman–Crippen MR) is 70.7 cm³/mol. The number of amides is 1. The van der Waals surface area contributed by atoms with Gasteiger partial charge < -0.3 is 9.84 Å². The van der Waals surface area contributed by atoms with Gasteiger partial charge in [0.05, 0.1) is 6.54 Å². The zero-order chi connectivity index (χ0) is 13.7. The van der Waals surface area contributed by atoms with E-state index in [1.807, 2.05) is 6.92 Å². The van der Waals surface area contributed by atoms with Crippen molar-refractivity contribution in [3.8, 4) is 0 Å². The fraction of sp³-hybridized carbons (Fsp3) is 0.615. The summed E-state index contributed by atoms with van der Waals surface area (Å²) in [6.45, 7) is 8.14. The summed E-state index contributed by atoms with van der Waals surface area (Å²) in [5, 5.41) is 6.61. The van der Waals surface area contributed by atoms with Crippen molar-refractivity contribution < 1.29 is 9.32 Å². The summed E-state index contributed by atoms with van der Waals surface area (Å²) in [4.78, 5) is 18.0. The quantitative estimate of drug-likeness (QED) is 0.799. The molecule has 1 aromatic rings. The first-order valence-electron chi connectivity index (χ1n) is 6.59. The number of hydrogen-bond acceptors (Lipinski definition) is 5. The van der Waals surface area contributed by atoms with Gasteiger partial charge in [-0.05, 0) is 32.9 Å². The lowest BCUT2D eigenvalue weighted by atomic mass is 9.97. The minimum Gasteiger partial charge on any atom is -0.352 e. The molecule has 6 heteroatoms. The summed E-state index contributed by atoms with van der Waals surface area (Å²) < 4.78 is 5.20. The fourth-order valence-electron chi connectivity index (χ4n) is 2.26. The number of likely N-dealkylation sites (tertiary alicyclic amines) is 1. The van der Waals surface area contributed by atoms with Crippen molar-refractivity contribution in [1.29, 1.82) is 0 Å². The molecule has 0 aromatic carbocycles. The minimum absolute atomic E-state index is 0.0481. The molecule has 2 rings (SSSR count). The van der Waals surface area contributed by atoms with Crippen molar-refractivity contribution in [2.75, 3.05) is 26.2 Å². The van der Waals surface area contributed by atoms with Crippen LogP contribution in [0.3, 0.4) is 0 Å². The molecule has 1 fully saturated rings. The van der Waals surface area contributed by atoms with Gasteiger partial charge in [0.25, 0.3) is 0 Å². The van der Waals surface area contributed by atoms with Crippen LogP contribution in [0.5, 0.6) is 0 Å². The Bertz CT molecular complexity index is 436. The lowest BCUT2D eigenvalue weighted by Crippen LogP contribution is -2.41. The van der Waals surface area contributed by atoms with Crippen LogP contribution in [-0.4, -0.2) is 47.1 Å². The van der Waals surface area contributed by atoms with Gasteiger partial charge in [-0.15, -0.1) is 6.58 Å². The highest BCUT2D eigenvalue weighted by molar-refractivity contribution is 5.78. The number of carbonyl (C=O) groups is 1. The topological polar surface area (TPSA) is 71.3 Å². The van der Waals surface area contributed by atoms with Gasteiger partial charge in [-0.2, -0.15) is 4.98 Å².